The maximum Gasteiger partial charge on any atom is 0.147 e. The van der Waals surface area contributed by atoms with Gasteiger partial charge >= 0.3 is 0 Å². The highest BCUT2D eigenvalue weighted by Gasteiger charge is 2.30. The van der Waals surface area contributed by atoms with Crippen molar-refractivity contribution < 1.29 is 4.74 Å². The third kappa shape index (κ3) is 2.80. The number of aromatic nitrogens is 3. The van der Waals surface area contributed by atoms with E-state index in [-0.39, 0.29) is 0 Å². The van der Waals surface area contributed by atoms with Crippen LogP contribution in [-0.2, 0) is 23.6 Å². The summed E-state index contributed by atoms with van der Waals surface area (Å²) in [5.41, 5.74) is 0. The summed E-state index contributed by atoms with van der Waals surface area (Å²) in [6.07, 6.45) is 3.78. The largest absolute Gasteiger partial charge is 0.378 e. The van der Waals surface area contributed by atoms with Gasteiger partial charge in [0.2, 0.25) is 0 Å². The van der Waals surface area contributed by atoms with Crippen molar-refractivity contribution in [2.75, 3.05) is 6.61 Å². The lowest BCUT2D eigenvalue weighted by atomic mass is 9.80. The predicted octanol–water partition coefficient (Wildman–Crippen LogP) is 2.39. The Balaban J connectivity index is 1.90. The highest BCUT2D eigenvalue weighted by molar-refractivity contribution is 6.16. The molecule has 0 atom stereocenters. The zero-order valence-electron chi connectivity index (χ0n) is 10.5. The minimum atomic E-state index is 0.438. The van der Waals surface area contributed by atoms with Crippen LogP contribution in [0, 0.1) is 5.92 Å². The summed E-state index contributed by atoms with van der Waals surface area (Å²) < 4.78 is 7.69. The topological polar surface area (TPSA) is 39.9 Å². The van der Waals surface area contributed by atoms with Crippen molar-refractivity contribution in [2.45, 2.75) is 51.6 Å². The molecule has 0 spiro atoms. The van der Waals surface area contributed by atoms with E-state index < -0.39 is 0 Å². The maximum absolute atomic E-state index is 5.83. The predicted molar refractivity (Wildman–Crippen MR) is 67.1 cm³/mol. The minimum Gasteiger partial charge on any atom is -0.378 e. The average molecular weight is 258 g/mol. The molecule has 0 radical (unpaired) electrons. The molecule has 0 aromatic carbocycles. The molecule has 5 heteroatoms. The third-order valence-electron chi connectivity index (χ3n) is 3.41. The second-order valence-corrected chi connectivity index (χ2v) is 4.80. The highest BCUT2D eigenvalue weighted by Crippen LogP contribution is 2.32. The van der Waals surface area contributed by atoms with Gasteiger partial charge in [-0.3, -0.25) is 0 Å². The molecule has 0 aliphatic heterocycles. The fourth-order valence-electron chi connectivity index (χ4n) is 2.46. The number of halogens is 1. The summed E-state index contributed by atoms with van der Waals surface area (Å²) in [6.45, 7) is 5.87. The number of hydrogen-bond acceptors (Lipinski definition) is 3. The summed E-state index contributed by atoms with van der Waals surface area (Å²) in [5, 5.41) is 8.36. The summed E-state index contributed by atoms with van der Waals surface area (Å²) in [6, 6.07) is 0. The minimum absolute atomic E-state index is 0.438. The van der Waals surface area contributed by atoms with Crippen LogP contribution < -0.4 is 0 Å². The standard InChI is InChI=1S/C12H20ClN3O/c1-3-16-11(14-15-12(16)8-13)7-9-5-10(6-9)17-4-2/h9-10H,3-8H2,1-2H3. The Morgan fingerprint density at radius 3 is 2.59 bits per heavy atom. The van der Waals surface area contributed by atoms with E-state index in [1.807, 2.05) is 6.92 Å². The second-order valence-electron chi connectivity index (χ2n) is 4.53. The molecule has 1 aliphatic rings. The number of alkyl halides is 1. The van der Waals surface area contributed by atoms with Crippen molar-refractivity contribution in [3.05, 3.63) is 11.6 Å². The van der Waals surface area contributed by atoms with Crippen molar-refractivity contribution in [1.29, 1.82) is 0 Å². The number of rotatable bonds is 6. The molecule has 1 aromatic heterocycles. The van der Waals surface area contributed by atoms with Gasteiger partial charge in [-0.15, -0.1) is 21.8 Å². The Morgan fingerprint density at radius 1 is 1.29 bits per heavy atom. The summed E-state index contributed by atoms with van der Waals surface area (Å²) in [7, 11) is 0. The van der Waals surface area contributed by atoms with Gasteiger partial charge in [0, 0.05) is 19.6 Å². The van der Waals surface area contributed by atoms with Gasteiger partial charge in [0.05, 0.1) is 12.0 Å². The first-order valence-electron chi connectivity index (χ1n) is 6.36. The molecular formula is C12H20ClN3O. The van der Waals surface area contributed by atoms with Crippen LogP contribution in [0.2, 0.25) is 0 Å². The Kier molecular flexibility index (Phi) is 4.40. The van der Waals surface area contributed by atoms with Crippen molar-refractivity contribution >= 4 is 11.6 Å². The van der Waals surface area contributed by atoms with Gasteiger partial charge in [0.1, 0.15) is 11.6 Å². The van der Waals surface area contributed by atoms with E-state index in [0.717, 1.165) is 44.1 Å². The average Bonchev–Trinajstić information content (AvgIpc) is 2.68. The van der Waals surface area contributed by atoms with Gasteiger partial charge in [-0.2, -0.15) is 0 Å². The van der Waals surface area contributed by atoms with Crippen molar-refractivity contribution in [2.24, 2.45) is 5.92 Å². The number of ether oxygens (including phenoxy) is 1. The number of nitrogens with zero attached hydrogens (tertiary/aromatic N) is 3. The smallest absolute Gasteiger partial charge is 0.147 e. The monoisotopic (exact) mass is 257 g/mol. The lowest BCUT2D eigenvalue weighted by Crippen LogP contribution is -2.33. The molecule has 0 unspecified atom stereocenters. The highest BCUT2D eigenvalue weighted by atomic mass is 35.5. The van der Waals surface area contributed by atoms with E-state index in [2.05, 4.69) is 21.7 Å². The Hall–Kier alpha value is -0.610. The van der Waals surface area contributed by atoms with E-state index >= 15 is 0 Å². The fraction of sp³-hybridized carbons (Fsp3) is 0.833. The van der Waals surface area contributed by atoms with Crippen LogP contribution in [-0.4, -0.2) is 27.5 Å². The SMILES string of the molecule is CCOC1CC(Cc2nnc(CCl)n2CC)C1. The molecule has 1 aromatic rings. The van der Waals surface area contributed by atoms with E-state index in [1.165, 1.54) is 0 Å². The molecule has 0 N–H and O–H groups in total. The molecule has 1 saturated carbocycles. The first kappa shape index (κ1) is 12.8. The van der Waals surface area contributed by atoms with E-state index in [4.69, 9.17) is 16.3 Å². The van der Waals surface area contributed by atoms with Crippen molar-refractivity contribution in [3.63, 3.8) is 0 Å². The molecule has 0 amide bonds. The van der Waals surface area contributed by atoms with Gasteiger partial charge in [0.25, 0.3) is 0 Å². The molecule has 17 heavy (non-hydrogen) atoms. The second kappa shape index (κ2) is 5.83. The van der Waals surface area contributed by atoms with Gasteiger partial charge in [-0.05, 0) is 32.6 Å². The molecule has 1 heterocycles. The summed E-state index contributed by atoms with van der Waals surface area (Å²) in [5.74, 6) is 3.09. The maximum atomic E-state index is 5.83. The zero-order chi connectivity index (χ0) is 12.3. The normalized spacial score (nSPS) is 23.7. The van der Waals surface area contributed by atoms with E-state index in [0.29, 0.717) is 17.9 Å². The van der Waals surface area contributed by atoms with Crippen molar-refractivity contribution in [3.8, 4) is 0 Å². The van der Waals surface area contributed by atoms with E-state index in [1.54, 1.807) is 0 Å². The Bertz CT molecular complexity index is 361. The van der Waals surface area contributed by atoms with Gasteiger partial charge < -0.3 is 9.30 Å². The van der Waals surface area contributed by atoms with Crippen LogP contribution in [0.3, 0.4) is 0 Å². The van der Waals surface area contributed by atoms with Gasteiger partial charge in [0.15, 0.2) is 0 Å². The third-order valence-corrected chi connectivity index (χ3v) is 3.64. The van der Waals surface area contributed by atoms with Crippen LogP contribution in [0.15, 0.2) is 0 Å². The fourth-order valence-corrected chi connectivity index (χ4v) is 2.66. The molecule has 1 fully saturated rings. The molecule has 2 rings (SSSR count). The first-order chi connectivity index (χ1) is 8.28. The lowest BCUT2D eigenvalue weighted by Gasteiger charge is -2.34. The molecular weight excluding hydrogens is 238 g/mol. The quantitative estimate of drug-likeness (QED) is 0.735. The van der Waals surface area contributed by atoms with Crippen LogP contribution in [0.25, 0.3) is 0 Å². The molecule has 1 aliphatic carbocycles. The van der Waals surface area contributed by atoms with Crippen LogP contribution in [0.4, 0.5) is 0 Å². The molecule has 0 saturated heterocycles. The summed E-state index contributed by atoms with van der Waals surface area (Å²) in [4.78, 5) is 0. The van der Waals surface area contributed by atoms with Crippen LogP contribution in [0.5, 0.6) is 0 Å². The lowest BCUT2D eigenvalue weighted by molar-refractivity contribution is -0.0247. The zero-order valence-corrected chi connectivity index (χ0v) is 11.3. The molecule has 0 bridgehead atoms. The van der Waals surface area contributed by atoms with Gasteiger partial charge in [-0.1, -0.05) is 0 Å². The molecule has 96 valence electrons. The Morgan fingerprint density at radius 2 is 2.00 bits per heavy atom. The molecule has 4 nitrogen and oxygen atoms in total. The van der Waals surface area contributed by atoms with Crippen molar-refractivity contribution in [1.82, 2.24) is 14.8 Å². The van der Waals surface area contributed by atoms with E-state index in [9.17, 15) is 0 Å². The summed E-state index contributed by atoms with van der Waals surface area (Å²) >= 11 is 5.83. The van der Waals surface area contributed by atoms with Gasteiger partial charge in [-0.25, -0.2) is 0 Å². The Labute approximate surface area is 107 Å². The van der Waals surface area contributed by atoms with Crippen LogP contribution >= 0.6 is 11.6 Å². The number of hydrogen-bond donors (Lipinski definition) is 0. The van der Waals surface area contributed by atoms with Crippen LogP contribution in [0.1, 0.15) is 38.3 Å². The first-order valence-corrected chi connectivity index (χ1v) is 6.90.